The van der Waals surface area contributed by atoms with Crippen molar-refractivity contribution >= 4 is 16.3 Å². The fourth-order valence-corrected chi connectivity index (χ4v) is 5.72. The first-order chi connectivity index (χ1) is 16.7. The average molecular weight is 478 g/mol. The van der Waals surface area contributed by atoms with Crippen molar-refractivity contribution < 1.29 is 9.84 Å². The van der Waals surface area contributed by atoms with Crippen LogP contribution in [0.4, 0.5) is 0 Å². The molecule has 7 nitrogen and oxygen atoms in total. The maximum atomic E-state index is 11.2. The zero-order valence-corrected chi connectivity index (χ0v) is 20.5. The summed E-state index contributed by atoms with van der Waals surface area (Å²) in [5.74, 6) is 1.80. The number of aromatic nitrogens is 3. The summed E-state index contributed by atoms with van der Waals surface area (Å²) in [6, 6.07) is 18.8. The number of nitrogens with zero attached hydrogens (tertiary/aromatic N) is 5. The Morgan fingerprint density at radius 1 is 1.00 bits per heavy atom. The van der Waals surface area contributed by atoms with Gasteiger partial charge in [-0.25, -0.2) is 4.98 Å². The smallest absolute Gasteiger partial charge is 0.230 e. The second-order valence-electron chi connectivity index (χ2n) is 8.57. The minimum absolute atomic E-state index is 0.0619. The SMILES string of the molecule is CCOc1ccc([C@H](c2sc3nc(CC)nn3c2O)N2CCN(Cc3ccccc3)CC2)cc1. The molecule has 1 atom stereocenters. The number of rotatable bonds is 8. The lowest BCUT2D eigenvalue weighted by atomic mass is 10.0. The van der Waals surface area contributed by atoms with Gasteiger partial charge in [0.15, 0.2) is 5.82 Å². The Balaban J connectivity index is 1.42. The molecule has 0 unspecified atom stereocenters. The van der Waals surface area contributed by atoms with Crippen molar-refractivity contribution in [2.75, 3.05) is 32.8 Å². The molecule has 1 fully saturated rings. The standard InChI is InChI=1S/C26H31N5O2S/c1-3-22-27-26-31(28-22)25(32)24(34-26)23(20-10-12-21(13-11-20)33-4-2)30-16-14-29(15-17-30)18-19-8-6-5-7-9-19/h5-13,23,32H,3-4,14-18H2,1-2H3/t23-/m1/s1. The van der Waals surface area contributed by atoms with E-state index in [1.54, 1.807) is 4.52 Å². The van der Waals surface area contributed by atoms with E-state index in [1.807, 2.05) is 26.0 Å². The van der Waals surface area contributed by atoms with Gasteiger partial charge in [0.05, 0.1) is 17.5 Å². The molecule has 1 N–H and O–H groups in total. The molecule has 2 aromatic carbocycles. The predicted octanol–water partition coefficient (Wildman–Crippen LogP) is 4.36. The van der Waals surface area contributed by atoms with Crippen LogP contribution in [0.2, 0.25) is 0 Å². The second kappa shape index (κ2) is 10.1. The largest absolute Gasteiger partial charge is 0.494 e. The lowest BCUT2D eigenvalue weighted by molar-refractivity contribution is 0.105. The van der Waals surface area contributed by atoms with Crippen LogP contribution in [0.5, 0.6) is 11.6 Å². The number of benzene rings is 2. The van der Waals surface area contributed by atoms with Crippen LogP contribution in [0.3, 0.4) is 0 Å². The first kappa shape index (κ1) is 22.8. The molecule has 0 aliphatic carbocycles. The van der Waals surface area contributed by atoms with Crippen LogP contribution in [0, 0.1) is 0 Å². The number of fused-ring (bicyclic) bond motifs is 1. The molecule has 178 valence electrons. The number of ether oxygens (including phenoxy) is 1. The van der Waals surface area contributed by atoms with Gasteiger partial charge in [-0.3, -0.25) is 9.80 Å². The minimum atomic E-state index is -0.0619. The van der Waals surface area contributed by atoms with Gasteiger partial charge in [-0.1, -0.05) is 60.7 Å². The quantitative estimate of drug-likeness (QED) is 0.407. The van der Waals surface area contributed by atoms with E-state index in [4.69, 9.17) is 4.74 Å². The highest BCUT2D eigenvalue weighted by Crippen LogP contribution is 2.40. The summed E-state index contributed by atoms with van der Waals surface area (Å²) in [7, 11) is 0. The number of aryl methyl sites for hydroxylation is 1. The van der Waals surface area contributed by atoms with Gasteiger partial charge < -0.3 is 9.84 Å². The third-order valence-electron chi connectivity index (χ3n) is 6.34. The normalized spacial score (nSPS) is 16.2. The Morgan fingerprint density at radius 3 is 2.38 bits per heavy atom. The Hall–Kier alpha value is -2.94. The van der Waals surface area contributed by atoms with Crippen molar-refractivity contribution in [3.8, 4) is 11.6 Å². The van der Waals surface area contributed by atoms with Crippen molar-refractivity contribution in [3.05, 3.63) is 76.4 Å². The van der Waals surface area contributed by atoms with Crippen molar-refractivity contribution in [1.82, 2.24) is 24.4 Å². The molecular formula is C26H31N5O2S. The zero-order chi connectivity index (χ0) is 23.5. The summed E-state index contributed by atoms with van der Waals surface area (Å²) in [5.41, 5.74) is 2.48. The zero-order valence-electron chi connectivity index (χ0n) is 19.7. The van der Waals surface area contributed by atoms with E-state index >= 15 is 0 Å². The molecule has 0 radical (unpaired) electrons. The van der Waals surface area contributed by atoms with Crippen LogP contribution in [0.15, 0.2) is 54.6 Å². The van der Waals surface area contributed by atoms with E-state index in [0.29, 0.717) is 6.61 Å². The predicted molar refractivity (Wildman–Crippen MR) is 135 cm³/mol. The molecule has 1 saturated heterocycles. The molecule has 3 heterocycles. The van der Waals surface area contributed by atoms with Crippen molar-refractivity contribution in [2.24, 2.45) is 0 Å². The Morgan fingerprint density at radius 2 is 1.74 bits per heavy atom. The number of aromatic hydroxyl groups is 1. The summed E-state index contributed by atoms with van der Waals surface area (Å²) in [5, 5.41) is 15.6. The van der Waals surface area contributed by atoms with Crippen LogP contribution >= 0.6 is 11.3 Å². The molecule has 0 saturated carbocycles. The van der Waals surface area contributed by atoms with Crippen molar-refractivity contribution in [3.63, 3.8) is 0 Å². The maximum Gasteiger partial charge on any atom is 0.230 e. The fourth-order valence-electron chi connectivity index (χ4n) is 4.58. The van der Waals surface area contributed by atoms with Crippen LogP contribution in [0.25, 0.3) is 4.96 Å². The monoisotopic (exact) mass is 477 g/mol. The summed E-state index contributed by atoms with van der Waals surface area (Å²) >= 11 is 1.53. The number of hydrogen-bond acceptors (Lipinski definition) is 7. The van der Waals surface area contributed by atoms with E-state index in [0.717, 1.165) is 66.1 Å². The molecular weight excluding hydrogens is 446 g/mol. The van der Waals surface area contributed by atoms with Crippen LogP contribution in [-0.4, -0.2) is 62.3 Å². The fraction of sp³-hybridized carbons (Fsp3) is 0.385. The molecule has 34 heavy (non-hydrogen) atoms. The van der Waals surface area contributed by atoms with Crippen molar-refractivity contribution in [1.29, 1.82) is 0 Å². The van der Waals surface area contributed by atoms with Crippen LogP contribution in [0.1, 0.15) is 41.7 Å². The van der Waals surface area contributed by atoms with Gasteiger partial charge in [0.1, 0.15) is 5.75 Å². The topological polar surface area (TPSA) is 66.1 Å². The van der Waals surface area contributed by atoms with Gasteiger partial charge in [0.25, 0.3) is 0 Å². The van der Waals surface area contributed by atoms with Crippen LogP contribution < -0.4 is 4.74 Å². The maximum absolute atomic E-state index is 11.2. The first-order valence-corrected chi connectivity index (χ1v) is 12.8. The first-order valence-electron chi connectivity index (χ1n) is 12.0. The highest BCUT2D eigenvalue weighted by atomic mass is 32.1. The number of piperazine rings is 1. The Labute approximate surface area is 204 Å². The molecule has 4 aromatic rings. The Kier molecular flexibility index (Phi) is 6.80. The van der Waals surface area contributed by atoms with Crippen molar-refractivity contribution in [2.45, 2.75) is 32.9 Å². The van der Waals surface area contributed by atoms with Gasteiger partial charge >= 0.3 is 0 Å². The molecule has 0 bridgehead atoms. The summed E-state index contributed by atoms with van der Waals surface area (Å²) in [6.45, 7) is 9.40. The van der Waals surface area contributed by atoms with E-state index in [-0.39, 0.29) is 11.9 Å². The van der Waals surface area contributed by atoms with Gasteiger partial charge in [0, 0.05) is 39.1 Å². The molecule has 8 heteroatoms. The summed E-state index contributed by atoms with van der Waals surface area (Å²) in [4.78, 5) is 11.2. The second-order valence-corrected chi connectivity index (χ2v) is 9.58. The summed E-state index contributed by atoms with van der Waals surface area (Å²) < 4.78 is 7.25. The van der Waals surface area contributed by atoms with Crippen LogP contribution in [-0.2, 0) is 13.0 Å². The van der Waals surface area contributed by atoms with Gasteiger partial charge in [-0.2, -0.15) is 4.52 Å². The molecule has 1 aliphatic heterocycles. The van der Waals surface area contributed by atoms with Gasteiger partial charge in [0.2, 0.25) is 10.8 Å². The number of thiazole rings is 1. The molecule has 0 spiro atoms. The van der Waals surface area contributed by atoms with E-state index in [2.05, 4.69) is 62.3 Å². The average Bonchev–Trinajstić information content (AvgIpc) is 3.41. The third-order valence-corrected chi connectivity index (χ3v) is 7.41. The highest BCUT2D eigenvalue weighted by molar-refractivity contribution is 7.17. The minimum Gasteiger partial charge on any atom is -0.494 e. The third kappa shape index (κ3) is 4.66. The molecule has 5 rings (SSSR count). The summed E-state index contributed by atoms with van der Waals surface area (Å²) in [6.07, 6.45) is 0.745. The molecule has 2 aromatic heterocycles. The lowest BCUT2D eigenvalue weighted by Crippen LogP contribution is -2.47. The van der Waals surface area contributed by atoms with E-state index < -0.39 is 0 Å². The van der Waals surface area contributed by atoms with Gasteiger partial charge in [-0.15, -0.1) is 5.10 Å². The highest BCUT2D eigenvalue weighted by Gasteiger charge is 2.31. The molecule has 1 aliphatic rings. The van der Waals surface area contributed by atoms with E-state index in [1.165, 1.54) is 16.9 Å². The number of hydrogen-bond donors (Lipinski definition) is 1. The van der Waals surface area contributed by atoms with E-state index in [9.17, 15) is 5.11 Å². The molecule has 0 amide bonds. The lowest BCUT2D eigenvalue weighted by Gasteiger charge is -2.39. The Bertz CT molecular complexity index is 1210. The van der Waals surface area contributed by atoms with Gasteiger partial charge in [-0.05, 0) is 30.2 Å².